The monoisotopic (exact) mass is 350 g/mol. The summed E-state index contributed by atoms with van der Waals surface area (Å²) < 4.78 is 0. The van der Waals surface area contributed by atoms with Gasteiger partial charge in [-0.1, -0.05) is 72.3 Å². The summed E-state index contributed by atoms with van der Waals surface area (Å²) in [6.07, 6.45) is 0. The first-order chi connectivity index (χ1) is 12.1. The Hall–Kier alpha value is -2.78. The maximum atomic E-state index is 12.6. The van der Waals surface area contributed by atoms with Crippen LogP contribution in [0.3, 0.4) is 0 Å². The molecule has 3 rings (SSSR count). The Bertz CT molecular complexity index is 811. The quantitative estimate of drug-likeness (QED) is 0.635. The lowest BCUT2D eigenvalue weighted by molar-refractivity contribution is 0.250. The molecule has 3 aromatic rings. The number of nitrogens with one attached hydrogen (secondary N) is 2. The van der Waals surface area contributed by atoms with Crippen LogP contribution in [-0.2, 0) is 0 Å². The molecule has 126 valence electrons. The molecule has 3 nitrogen and oxygen atoms in total. The maximum Gasteiger partial charge on any atom is 0.319 e. The zero-order chi connectivity index (χ0) is 17.6. The van der Waals surface area contributed by atoms with Crippen LogP contribution >= 0.6 is 11.6 Å². The molecule has 0 atom stereocenters. The number of halogens is 1. The van der Waals surface area contributed by atoms with Crippen LogP contribution in [0.4, 0.5) is 10.5 Å². The minimum Gasteiger partial charge on any atom is -0.327 e. The van der Waals surface area contributed by atoms with Crippen LogP contribution in [0, 0.1) is 6.92 Å². The summed E-state index contributed by atoms with van der Waals surface area (Å²) in [4.78, 5) is 12.6. The van der Waals surface area contributed by atoms with Crippen molar-refractivity contribution in [2.45, 2.75) is 13.0 Å². The van der Waals surface area contributed by atoms with Crippen molar-refractivity contribution >= 4 is 23.3 Å². The molecule has 0 radical (unpaired) electrons. The summed E-state index contributed by atoms with van der Waals surface area (Å²) in [5, 5.41) is 6.60. The smallest absolute Gasteiger partial charge is 0.319 e. The number of rotatable bonds is 4. The van der Waals surface area contributed by atoms with Gasteiger partial charge < -0.3 is 10.6 Å². The highest BCUT2D eigenvalue weighted by Crippen LogP contribution is 2.23. The second-order valence-electron chi connectivity index (χ2n) is 5.81. The van der Waals surface area contributed by atoms with E-state index in [0.29, 0.717) is 5.02 Å². The van der Waals surface area contributed by atoms with Gasteiger partial charge in [0.25, 0.3) is 0 Å². The summed E-state index contributed by atoms with van der Waals surface area (Å²) >= 11 is 5.97. The van der Waals surface area contributed by atoms with Gasteiger partial charge in [0.1, 0.15) is 0 Å². The predicted octanol–water partition coefficient (Wildman–Crippen LogP) is 5.56. The fourth-order valence-corrected chi connectivity index (χ4v) is 2.93. The molecule has 0 unspecified atom stereocenters. The fourth-order valence-electron chi connectivity index (χ4n) is 2.71. The van der Waals surface area contributed by atoms with Gasteiger partial charge in [-0.3, -0.25) is 0 Å². The van der Waals surface area contributed by atoms with Crippen molar-refractivity contribution in [1.29, 1.82) is 0 Å². The van der Waals surface area contributed by atoms with Crippen LogP contribution in [0.1, 0.15) is 22.7 Å². The molecule has 0 aliphatic heterocycles. The molecule has 2 amide bonds. The van der Waals surface area contributed by atoms with Gasteiger partial charge in [0.2, 0.25) is 0 Å². The van der Waals surface area contributed by atoms with Gasteiger partial charge in [0.15, 0.2) is 0 Å². The molecule has 2 N–H and O–H groups in total. The molecule has 4 heteroatoms. The maximum absolute atomic E-state index is 12.6. The van der Waals surface area contributed by atoms with Crippen molar-refractivity contribution in [1.82, 2.24) is 5.32 Å². The van der Waals surface area contributed by atoms with E-state index in [2.05, 4.69) is 10.6 Å². The van der Waals surface area contributed by atoms with Gasteiger partial charge in [-0.05, 0) is 41.8 Å². The van der Waals surface area contributed by atoms with Crippen molar-refractivity contribution in [3.63, 3.8) is 0 Å². The SMILES string of the molecule is Cc1cc(Cl)ccc1NC(=O)NC(c1ccccc1)c1ccccc1. The molecule has 0 saturated heterocycles. The van der Waals surface area contributed by atoms with Gasteiger partial charge in [0.05, 0.1) is 6.04 Å². The molecule has 0 bridgehead atoms. The largest absolute Gasteiger partial charge is 0.327 e. The average Bonchev–Trinajstić information content (AvgIpc) is 2.63. The highest BCUT2D eigenvalue weighted by atomic mass is 35.5. The van der Waals surface area contributed by atoms with Crippen molar-refractivity contribution in [3.05, 3.63) is 101 Å². The Morgan fingerprint density at radius 2 is 1.44 bits per heavy atom. The number of hydrogen-bond acceptors (Lipinski definition) is 1. The number of urea groups is 1. The van der Waals surface area contributed by atoms with E-state index in [1.807, 2.05) is 73.7 Å². The third-order valence-corrected chi connectivity index (χ3v) is 4.21. The first-order valence-corrected chi connectivity index (χ1v) is 8.45. The lowest BCUT2D eigenvalue weighted by Gasteiger charge is -2.20. The van der Waals surface area contributed by atoms with E-state index in [-0.39, 0.29) is 12.1 Å². The summed E-state index contributed by atoms with van der Waals surface area (Å²) in [5.41, 5.74) is 3.70. The van der Waals surface area contributed by atoms with E-state index in [1.165, 1.54) is 0 Å². The van der Waals surface area contributed by atoms with E-state index in [1.54, 1.807) is 12.1 Å². The van der Waals surface area contributed by atoms with Gasteiger partial charge in [-0.2, -0.15) is 0 Å². The number of carbonyl (C=O) groups excluding carboxylic acids is 1. The highest BCUT2D eigenvalue weighted by molar-refractivity contribution is 6.30. The number of hydrogen-bond donors (Lipinski definition) is 2. The Morgan fingerprint density at radius 1 is 0.880 bits per heavy atom. The zero-order valence-electron chi connectivity index (χ0n) is 13.9. The summed E-state index contributed by atoms with van der Waals surface area (Å²) in [6, 6.07) is 24.7. The van der Waals surface area contributed by atoms with E-state index in [9.17, 15) is 4.79 Å². The van der Waals surface area contributed by atoms with Crippen molar-refractivity contribution in [2.75, 3.05) is 5.32 Å². The minimum atomic E-state index is -0.261. The van der Waals surface area contributed by atoms with Crippen molar-refractivity contribution < 1.29 is 4.79 Å². The normalized spacial score (nSPS) is 10.5. The van der Waals surface area contributed by atoms with Crippen LogP contribution in [0.2, 0.25) is 5.02 Å². The number of anilines is 1. The van der Waals surface area contributed by atoms with Crippen LogP contribution in [0.15, 0.2) is 78.9 Å². The fraction of sp³-hybridized carbons (Fsp3) is 0.0952. The number of aryl methyl sites for hydroxylation is 1. The molecule has 3 aromatic carbocycles. The number of benzene rings is 3. The lowest BCUT2D eigenvalue weighted by atomic mass is 9.99. The van der Waals surface area contributed by atoms with Crippen molar-refractivity contribution in [3.8, 4) is 0 Å². The number of carbonyl (C=O) groups is 1. The molecule has 0 aliphatic rings. The van der Waals surface area contributed by atoms with E-state index >= 15 is 0 Å². The van der Waals surface area contributed by atoms with Gasteiger partial charge >= 0.3 is 6.03 Å². The second-order valence-corrected chi connectivity index (χ2v) is 6.25. The lowest BCUT2D eigenvalue weighted by Crippen LogP contribution is -2.33. The van der Waals surface area contributed by atoms with E-state index in [0.717, 1.165) is 22.4 Å². The van der Waals surface area contributed by atoms with Crippen LogP contribution in [0.5, 0.6) is 0 Å². The molecule has 0 aromatic heterocycles. The van der Waals surface area contributed by atoms with E-state index in [4.69, 9.17) is 11.6 Å². The third-order valence-electron chi connectivity index (χ3n) is 3.98. The minimum absolute atomic E-state index is 0.227. The molecule has 0 spiro atoms. The predicted molar refractivity (Wildman–Crippen MR) is 103 cm³/mol. The van der Waals surface area contributed by atoms with Gasteiger partial charge in [0, 0.05) is 10.7 Å². The summed E-state index contributed by atoms with van der Waals surface area (Å²) in [6.45, 7) is 1.91. The van der Waals surface area contributed by atoms with Crippen molar-refractivity contribution in [2.24, 2.45) is 0 Å². The molecule has 0 fully saturated rings. The van der Waals surface area contributed by atoms with Crippen LogP contribution < -0.4 is 10.6 Å². The zero-order valence-corrected chi connectivity index (χ0v) is 14.6. The van der Waals surface area contributed by atoms with Gasteiger partial charge in [-0.25, -0.2) is 4.79 Å². The third kappa shape index (κ3) is 4.40. The Labute approximate surface area is 152 Å². The van der Waals surface area contributed by atoms with E-state index < -0.39 is 0 Å². The Balaban J connectivity index is 1.82. The van der Waals surface area contributed by atoms with Gasteiger partial charge in [-0.15, -0.1) is 0 Å². The molecular weight excluding hydrogens is 332 g/mol. The molecule has 0 aliphatic carbocycles. The highest BCUT2D eigenvalue weighted by Gasteiger charge is 2.16. The first kappa shape index (κ1) is 17.1. The molecule has 0 saturated carbocycles. The average molecular weight is 351 g/mol. The molecule has 25 heavy (non-hydrogen) atoms. The Morgan fingerprint density at radius 3 is 1.96 bits per heavy atom. The molecule has 0 heterocycles. The van der Waals surface area contributed by atoms with Crippen LogP contribution in [0.25, 0.3) is 0 Å². The molecular formula is C21H19ClN2O. The Kier molecular flexibility index (Phi) is 5.36. The second kappa shape index (κ2) is 7.86. The first-order valence-electron chi connectivity index (χ1n) is 8.07. The van der Waals surface area contributed by atoms with Crippen LogP contribution in [-0.4, -0.2) is 6.03 Å². The summed E-state index contributed by atoms with van der Waals surface area (Å²) in [7, 11) is 0. The topological polar surface area (TPSA) is 41.1 Å². The summed E-state index contributed by atoms with van der Waals surface area (Å²) in [5.74, 6) is 0. The standard InChI is InChI=1S/C21H19ClN2O/c1-15-14-18(22)12-13-19(15)23-21(25)24-20(16-8-4-2-5-9-16)17-10-6-3-7-11-17/h2-14,20H,1H3,(H2,23,24,25). The number of amides is 2.